The molecule has 1 rings (SSSR count). The summed E-state index contributed by atoms with van der Waals surface area (Å²) >= 11 is 0. The van der Waals surface area contributed by atoms with Gasteiger partial charge in [0, 0.05) is 11.8 Å². The minimum atomic E-state index is -0.278. The first-order valence-corrected chi connectivity index (χ1v) is 5.84. The van der Waals surface area contributed by atoms with Crippen LogP contribution in [0.5, 0.6) is 5.75 Å². The largest absolute Gasteiger partial charge is 0.496 e. The molecule has 18 heavy (non-hydrogen) atoms. The van der Waals surface area contributed by atoms with Crippen LogP contribution in [-0.4, -0.2) is 30.8 Å². The molecule has 0 saturated heterocycles. The Morgan fingerprint density at radius 3 is 2.67 bits per heavy atom. The molecule has 100 valence electrons. The van der Waals surface area contributed by atoms with E-state index in [9.17, 15) is 9.90 Å². The van der Waals surface area contributed by atoms with E-state index in [1.54, 1.807) is 18.2 Å². The molecule has 1 atom stereocenters. The molecule has 5 heteroatoms. The Morgan fingerprint density at radius 1 is 1.50 bits per heavy atom. The summed E-state index contributed by atoms with van der Waals surface area (Å²) in [6.07, 6.45) is 0. The average molecular weight is 252 g/mol. The van der Waals surface area contributed by atoms with E-state index in [1.807, 2.05) is 13.8 Å². The van der Waals surface area contributed by atoms with Crippen LogP contribution < -0.4 is 15.8 Å². The molecule has 0 saturated carbocycles. The number of aliphatic hydroxyl groups is 1. The summed E-state index contributed by atoms with van der Waals surface area (Å²) in [4.78, 5) is 12.1. The van der Waals surface area contributed by atoms with Crippen molar-refractivity contribution >= 4 is 11.6 Å². The zero-order valence-electron chi connectivity index (χ0n) is 10.9. The van der Waals surface area contributed by atoms with Crippen LogP contribution in [0.2, 0.25) is 0 Å². The third-order valence-electron chi connectivity index (χ3n) is 2.79. The van der Waals surface area contributed by atoms with Crippen molar-refractivity contribution in [2.75, 3.05) is 19.5 Å². The Morgan fingerprint density at radius 2 is 2.17 bits per heavy atom. The fraction of sp³-hybridized carbons (Fsp3) is 0.462. The maximum absolute atomic E-state index is 12.1. The summed E-state index contributed by atoms with van der Waals surface area (Å²) in [7, 11) is 1.48. The minimum absolute atomic E-state index is 0.0965. The van der Waals surface area contributed by atoms with Crippen molar-refractivity contribution in [1.82, 2.24) is 5.32 Å². The van der Waals surface area contributed by atoms with Crippen molar-refractivity contribution in [3.8, 4) is 5.75 Å². The number of nitrogens with two attached hydrogens (primary N) is 1. The number of nitrogen functional groups attached to an aromatic ring is 1. The average Bonchev–Trinajstić information content (AvgIpc) is 2.34. The Labute approximate surface area is 107 Å². The molecule has 0 aromatic heterocycles. The summed E-state index contributed by atoms with van der Waals surface area (Å²) < 4.78 is 5.12. The van der Waals surface area contributed by atoms with Gasteiger partial charge in [0.25, 0.3) is 5.91 Å². The van der Waals surface area contributed by atoms with Crippen molar-refractivity contribution in [3.63, 3.8) is 0 Å². The first-order chi connectivity index (χ1) is 8.49. The van der Waals surface area contributed by atoms with E-state index in [2.05, 4.69) is 5.32 Å². The van der Waals surface area contributed by atoms with Gasteiger partial charge in [-0.3, -0.25) is 4.79 Å². The van der Waals surface area contributed by atoms with Crippen LogP contribution in [0.3, 0.4) is 0 Å². The lowest BCUT2D eigenvalue weighted by atomic mass is 10.0. The number of anilines is 1. The predicted octanol–water partition coefficient (Wildman–Crippen LogP) is 1.02. The number of ether oxygens (including phenoxy) is 1. The summed E-state index contributed by atoms with van der Waals surface area (Å²) in [5.41, 5.74) is 6.57. The summed E-state index contributed by atoms with van der Waals surface area (Å²) in [5.74, 6) is 0.297. The van der Waals surface area contributed by atoms with E-state index < -0.39 is 0 Å². The Bertz CT molecular complexity index is 419. The maximum Gasteiger partial charge on any atom is 0.255 e. The van der Waals surface area contributed by atoms with Gasteiger partial charge in [0.1, 0.15) is 5.75 Å². The molecule has 1 amide bonds. The molecule has 4 N–H and O–H groups in total. The van der Waals surface area contributed by atoms with Gasteiger partial charge in [-0.15, -0.1) is 0 Å². The number of benzene rings is 1. The molecule has 0 bridgehead atoms. The van der Waals surface area contributed by atoms with E-state index in [0.717, 1.165) is 0 Å². The van der Waals surface area contributed by atoms with Crippen LogP contribution in [0.1, 0.15) is 24.2 Å². The van der Waals surface area contributed by atoms with Crippen LogP contribution >= 0.6 is 0 Å². The third kappa shape index (κ3) is 3.37. The van der Waals surface area contributed by atoms with Crippen molar-refractivity contribution < 1.29 is 14.6 Å². The van der Waals surface area contributed by atoms with Gasteiger partial charge in [0.15, 0.2) is 0 Å². The number of hydrogen-bond acceptors (Lipinski definition) is 4. The molecule has 0 spiro atoms. The highest BCUT2D eigenvalue weighted by Gasteiger charge is 2.18. The van der Waals surface area contributed by atoms with Gasteiger partial charge in [0.2, 0.25) is 0 Å². The number of nitrogens with one attached hydrogen (secondary N) is 1. The fourth-order valence-corrected chi connectivity index (χ4v) is 1.56. The van der Waals surface area contributed by atoms with E-state index in [1.165, 1.54) is 7.11 Å². The van der Waals surface area contributed by atoms with Gasteiger partial charge in [-0.1, -0.05) is 13.8 Å². The van der Waals surface area contributed by atoms with E-state index >= 15 is 0 Å². The lowest BCUT2D eigenvalue weighted by Crippen LogP contribution is -2.41. The summed E-state index contributed by atoms with van der Waals surface area (Å²) in [5, 5.41) is 12.0. The molecule has 0 aliphatic carbocycles. The number of rotatable bonds is 5. The van der Waals surface area contributed by atoms with Gasteiger partial charge >= 0.3 is 0 Å². The third-order valence-corrected chi connectivity index (χ3v) is 2.79. The number of carbonyl (C=O) groups is 1. The molecule has 0 radical (unpaired) electrons. The lowest BCUT2D eigenvalue weighted by molar-refractivity contribution is 0.0894. The molecule has 5 nitrogen and oxygen atoms in total. The highest BCUT2D eigenvalue weighted by atomic mass is 16.5. The van der Waals surface area contributed by atoms with Gasteiger partial charge < -0.3 is 20.9 Å². The van der Waals surface area contributed by atoms with Crippen molar-refractivity contribution in [1.29, 1.82) is 0 Å². The fourth-order valence-electron chi connectivity index (χ4n) is 1.56. The monoisotopic (exact) mass is 252 g/mol. The lowest BCUT2D eigenvalue weighted by Gasteiger charge is -2.20. The van der Waals surface area contributed by atoms with Crippen LogP contribution in [0.25, 0.3) is 0 Å². The molecule has 1 aromatic rings. The van der Waals surface area contributed by atoms with Crippen LogP contribution in [0.4, 0.5) is 5.69 Å². The summed E-state index contributed by atoms with van der Waals surface area (Å²) in [6, 6.07) is 4.57. The highest BCUT2D eigenvalue weighted by Crippen LogP contribution is 2.21. The summed E-state index contributed by atoms with van der Waals surface area (Å²) in [6.45, 7) is 3.77. The van der Waals surface area contributed by atoms with Gasteiger partial charge in [0.05, 0.1) is 25.3 Å². The Hall–Kier alpha value is -1.75. The second-order valence-electron chi connectivity index (χ2n) is 4.47. The van der Waals surface area contributed by atoms with Crippen LogP contribution in [-0.2, 0) is 0 Å². The topological polar surface area (TPSA) is 84.6 Å². The standard InChI is InChI=1S/C13H20N2O3/c1-8(2)11(7-16)15-13(17)10-5-4-9(14)6-12(10)18-3/h4-6,8,11,16H,7,14H2,1-3H3,(H,15,17)/t11-/m1/s1. The molecule has 0 unspecified atom stereocenters. The van der Waals surface area contributed by atoms with E-state index in [0.29, 0.717) is 17.0 Å². The van der Waals surface area contributed by atoms with E-state index in [4.69, 9.17) is 10.5 Å². The highest BCUT2D eigenvalue weighted by molar-refractivity contribution is 5.97. The molecule has 0 aliphatic rings. The molecule has 0 fully saturated rings. The molecule has 1 aromatic carbocycles. The number of hydrogen-bond donors (Lipinski definition) is 3. The molecular formula is C13H20N2O3. The smallest absolute Gasteiger partial charge is 0.255 e. The SMILES string of the molecule is COc1cc(N)ccc1C(=O)N[C@H](CO)C(C)C. The maximum atomic E-state index is 12.1. The van der Waals surface area contributed by atoms with Crippen molar-refractivity contribution in [3.05, 3.63) is 23.8 Å². The first-order valence-electron chi connectivity index (χ1n) is 5.84. The van der Waals surface area contributed by atoms with Crippen molar-refractivity contribution in [2.45, 2.75) is 19.9 Å². The quantitative estimate of drug-likeness (QED) is 0.683. The first kappa shape index (κ1) is 14.3. The number of aliphatic hydroxyl groups excluding tert-OH is 1. The molecule has 0 heterocycles. The normalized spacial score (nSPS) is 12.3. The number of methoxy groups -OCH3 is 1. The Kier molecular flexibility index (Phi) is 4.97. The minimum Gasteiger partial charge on any atom is -0.496 e. The second-order valence-corrected chi connectivity index (χ2v) is 4.47. The van der Waals surface area contributed by atoms with Crippen LogP contribution in [0.15, 0.2) is 18.2 Å². The Balaban J connectivity index is 2.90. The second kappa shape index (κ2) is 6.26. The van der Waals surface area contributed by atoms with Crippen molar-refractivity contribution in [2.24, 2.45) is 5.92 Å². The zero-order valence-corrected chi connectivity index (χ0v) is 10.9. The number of amides is 1. The predicted molar refractivity (Wildman–Crippen MR) is 70.6 cm³/mol. The van der Waals surface area contributed by atoms with Crippen LogP contribution in [0, 0.1) is 5.92 Å². The van der Waals surface area contributed by atoms with Gasteiger partial charge in [-0.05, 0) is 18.1 Å². The van der Waals surface area contributed by atoms with Gasteiger partial charge in [-0.2, -0.15) is 0 Å². The molecule has 0 aliphatic heterocycles. The molecular weight excluding hydrogens is 232 g/mol. The van der Waals surface area contributed by atoms with E-state index in [-0.39, 0.29) is 24.5 Å². The number of carbonyl (C=O) groups excluding carboxylic acids is 1. The van der Waals surface area contributed by atoms with Gasteiger partial charge in [-0.25, -0.2) is 0 Å². The zero-order chi connectivity index (χ0) is 13.7.